The molecular weight excluding hydrogens is 288 g/mol. The molecule has 0 bridgehead atoms. The van der Waals surface area contributed by atoms with Gasteiger partial charge in [-0.2, -0.15) is 8.78 Å². The van der Waals surface area contributed by atoms with Crippen molar-refractivity contribution >= 4 is 12.7 Å². The van der Waals surface area contributed by atoms with Gasteiger partial charge in [-0.1, -0.05) is 18.2 Å². The fourth-order valence-electron chi connectivity index (χ4n) is 1.83. The highest BCUT2D eigenvalue weighted by molar-refractivity contribution is 7.67. The lowest BCUT2D eigenvalue weighted by Gasteiger charge is -2.26. The third kappa shape index (κ3) is 2.39. The fraction of sp³-hybridized carbons (Fsp3) is 0.143. The molecule has 0 aliphatic rings. The Balaban J connectivity index is 2.55. The van der Waals surface area contributed by atoms with Crippen LogP contribution in [0.4, 0.5) is 13.2 Å². The standard InChI is InChI=1S/C14H12F3O2P/c1-19-20(18,13-5-3-2-4-6-13)14(16,17)11-7-9-12(15)10-8-11/h2-10H,1H3. The lowest BCUT2D eigenvalue weighted by atomic mass is 10.2. The molecule has 2 nitrogen and oxygen atoms in total. The van der Waals surface area contributed by atoms with Gasteiger partial charge in [0, 0.05) is 18.0 Å². The minimum atomic E-state index is -4.45. The predicted octanol–water partition coefficient (Wildman–Crippen LogP) is 4.13. The molecule has 0 fully saturated rings. The van der Waals surface area contributed by atoms with E-state index in [1.807, 2.05) is 0 Å². The third-order valence-corrected chi connectivity index (χ3v) is 5.40. The molecule has 2 aromatic rings. The Hall–Kier alpha value is -1.58. The van der Waals surface area contributed by atoms with Gasteiger partial charge in [-0.3, -0.25) is 4.57 Å². The maximum atomic E-state index is 14.5. The Morgan fingerprint density at radius 3 is 2.05 bits per heavy atom. The molecule has 0 heterocycles. The van der Waals surface area contributed by atoms with Crippen LogP contribution in [0.5, 0.6) is 0 Å². The first kappa shape index (κ1) is 14.8. The number of alkyl halides is 2. The summed E-state index contributed by atoms with van der Waals surface area (Å²) in [6.45, 7) is 0. The highest BCUT2D eigenvalue weighted by Gasteiger charge is 2.53. The maximum Gasteiger partial charge on any atom is 0.350 e. The quantitative estimate of drug-likeness (QED) is 0.794. The molecule has 0 saturated heterocycles. The number of rotatable bonds is 4. The minimum absolute atomic E-state index is 0.0863. The largest absolute Gasteiger partial charge is 0.350 e. The van der Waals surface area contributed by atoms with E-state index in [4.69, 9.17) is 0 Å². The van der Waals surface area contributed by atoms with Crippen molar-refractivity contribution in [2.24, 2.45) is 0 Å². The van der Waals surface area contributed by atoms with Crippen molar-refractivity contribution < 1.29 is 22.3 Å². The number of hydrogen-bond donors (Lipinski definition) is 0. The van der Waals surface area contributed by atoms with Crippen LogP contribution >= 0.6 is 7.37 Å². The summed E-state index contributed by atoms with van der Waals surface area (Å²) in [5, 5.41) is -0.0863. The van der Waals surface area contributed by atoms with Crippen LogP contribution in [-0.4, -0.2) is 7.11 Å². The van der Waals surface area contributed by atoms with E-state index >= 15 is 0 Å². The monoisotopic (exact) mass is 300 g/mol. The zero-order valence-corrected chi connectivity index (χ0v) is 11.5. The molecule has 0 radical (unpaired) electrons. The Kier molecular flexibility index (Phi) is 4.02. The second-order valence-electron chi connectivity index (χ2n) is 4.12. The Bertz CT molecular complexity index is 627. The molecule has 0 amide bonds. The van der Waals surface area contributed by atoms with Crippen molar-refractivity contribution in [3.8, 4) is 0 Å². The van der Waals surface area contributed by atoms with Gasteiger partial charge in [0.25, 0.3) is 0 Å². The molecule has 6 heteroatoms. The summed E-state index contributed by atoms with van der Waals surface area (Å²) in [5.74, 6) is -0.642. The van der Waals surface area contributed by atoms with Crippen LogP contribution in [0.1, 0.15) is 5.56 Å². The Labute approximate surface area is 114 Å². The van der Waals surface area contributed by atoms with E-state index in [0.717, 1.165) is 31.4 Å². The lowest BCUT2D eigenvalue weighted by molar-refractivity contribution is 0.0732. The molecule has 0 aliphatic heterocycles. The van der Waals surface area contributed by atoms with Crippen LogP contribution in [0.15, 0.2) is 54.6 Å². The summed E-state index contributed by atoms with van der Waals surface area (Å²) in [6, 6.07) is 10.9. The maximum absolute atomic E-state index is 14.5. The summed E-state index contributed by atoms with van der Waals surface area (Å²) >= 11 is 0. The molecule has 1 atom stereocenters. The van der Waals surface area contributed by atoms with E-state index in [9.17, 15) is 17.7 Å². The summed E-state index contributed by atoms with van der Waals surface area (Å²) in [4.78, 5) is 0. The van der Waals surface area contributed by atoms with Gasteiger partial charge in [-0.25, -0.2) is 4.39 Å². The van der Waals surface area contributed by atoms with Crippen LogP contribution in [0.3, 0.4) is 0 Å². The average Bonchev–Trinajstić information content (AvgIpc) is 2.47. The van der Waals surface area contributed by atoms with Gasteiger partial charge in [0.05, 0.1) is 0 Å². The van der Waals surface area contributed by atoms with Crippen LogP contribution in [-0.2, 0) is 14.8 Å². The van der Waals surface area contributed by atoms with Crippen molar-refractivity contribution in [1.29, 1.82) is 0 Å². The lowest BCUT2D eigenvalue weighted by Crippen LogP contribution is -2.23. The SMILES string of the molecule is COP(=O)(c1ccccc1)C(F)(F)c1ccc(F)cc1. The molecule has 0 aromatic heterocycles. The summed E-state index contributed by atoms with van der Waals surface area (Å²) in [6.07, 6.45) is 0. The summed E-state index contributed by atoms with van der Waals surface area (Å²) in [7, 11) is -3.47. The van der Waals surface area contributed by atoms with Crippen LogP contribution in [0, 0.1) is 5.82 Å². The Morgan fingerprint density at radius 1 is 1.00 bits per heavy atom. The summed E-state index contributed by atoms with van der Waals surface area (Å²) in [5.41, 5.74) is -4.29. The van der Waals surface area contributed by atoms with Crippen molar-refractivity contribution in [2.45, 2.75) is 5.66 Å². The van der Waals surface area contributed by atoms with Crippen LogP contribution in [0.25, 0.3) is 0 Å². The molecule has 0 aliphatic carbocycles. The molecule has 2 rings (SSSR count). The van der Waals surface area contributed by atoms with E-state index in [1.54, 1.807) is 6.07 Å². The third-order valence-electron chi connectivity index (χ3n) is 2.91. The second kappa shape index (κ2) is 5.43. The van der Waals surface area contributed by atoms with Gasteiger partial charge in [0.15, 0.2) is 0 Å². The molecule has 1 unspecified atom stereocenters. The van der Waals surface area contributed by atoms with Crippen molar-refractivity contribution in [3.05, 3.63) is 66.0 Å². The van der Waals surface area contributed by atoms with Gasteiger partial charge in [-0.15, -0.1) is 0 Å². The number of benzene rings is 2. The molecule has 0 N–H and O–H groups in total. The highest BCUT2D eigenvalue weighted by Crippen LogP contribution is 2.64. The van der Waals surface area contributed by atoms with E-state index < -0.39 is 24.4 Å². The smallest absolute Gasteiger partial charge is 0.324 e. The zero-order valence-electron chi connectivity index (χ0n) is 10.6. The highest BCUT2D eigenvalue weighted by atomic mass is 31.2. The number of halogens is 3. The van der Waals surface area contributed by atoms with Gasteiger partial charge < -0.3 is 4.52 Å². The van der Waals surface area contributed by atoms with Crippen molar-refractivity contribution in [2.75, 3.05) is 7.11 Å². The summed E-state index contributed by atoms with van der Waals surface area (Å²) < 4.78 is 59.2. The van der Waals surface area contributed by atoms with Gasteiger partial charge in [0.1, 0.15) is 5.82 Å². The molecular formula is C14H12F3O2P. The molecule has 0 saturated carbocycles. The molecule has 2 aromatic carbocycles. The van der Waals surface area contributed by atoms with E-state index in [1.165, 1.54) is 24.3 Å². The predicted molar refractivity (Wildman–Crippen MR) is 71.0 cm³/mol. The normalized spacial score (nSPS) is 14.8. The van der Waals surface area contributed by atoms with E-state index in [0.29, 0.717) is 0 Å². The average molecular weight is 300 g/mol. The fourth-order valence-corrected chi connectivity index (χ4v) is 3.64. The molecule has 0 spiro atoms. The number of hydrogen-bond acceptors (Lipinski definition) is 2. The van der Waals surface area contributed by atoms with Crippen LogP contribution < -0.4 is 5.30 Å². The van der Waals surface area contributed by atoms with E-state index in [-0.39, 0.29) is 5.30 Å². The first-order valence-electron chi connectivity index (χ1n) is 5.77. The van der Waals surface area contributed by atoms with Gasteiger partial charge >= 0.3 is 13.0 Å². The molecule has 20 heavy (non-hydrogen) atoms. The zero-order chi connectivity index (χ0) is 14.8. The topological polar surface area (TPSA) is 26.3 Å². The van der Waals surface area contributed by atoms with Gasteiger partial charge in [-0.05, 0) is 36.4 Å². The molecule has 106 valence electrons. The van der Waals surface area contributed by atoms with Gasteiger partial charge in [0.2, 0.25) is 0 Å². The van der Waals surface area contributed by atoms with Crippen molar-refractivity contribution in [3.63, 3.8) is 0 Å². The first-order chi connectivity index (χ1) is 9.41. The van der Waals surface area contributed by atoms with Crippen LogP contribution in [0.2, 0.25) is 0 Å². The first-order valence-corrected chi connectivity index (χ1v) is 7.39. The minimum Gasteiger partial charge on any atom is -0.324 e. The Morgan fingerprint density at radius 2 is 1.55 bits per heavy atom. The van der Waals surface area contributed by atoms with Crippen molar-refractivity contribution in [1.82, 2.24) is 0 Å². The van der Waals surface area contributed by atoms with E-state index in [2.05, 4.69) is 4.52 Å². The second-order valence-corrected chi connectivity index (χ2v) is 6.66.